The van der Waals surface area contributed by atoms with Crippen molar-refractivity contribution in [3.63, 3.8) is 0 Å². The van der Waals surface area contributed by atoms with Gasteiger partial charge >= 0.3 is 5.97 Å². The minimum Gasteiger partial charge on any atom is -0.478 e. The van der Waals surface area contributed by atoms with E-state index < -0.39 is 5.97 Å². The van der Waals surface area contributed by atoms with Crippen molar-refractivity contribution in [2.24, 2.45) is 7.05 Å². The quantitative estimate of drug-likeness (QED) is 0.845. The highest BCUT2D eigenvalue weighted by Crippen LogP contribution is 2.24. The molecular formula is C13H11FN2O2. The lowest BCUT2D eigenvalue weighted by Crippen LogP contribution is -1.95. The number of benzene rings is 1. The van der Waals surface area contributed by atoms with E-state index in [2.05, 4.69) is 5.10 Å². The Labute approximate surface area is 103 Å². The average molecular weight is 246 g/mol. The van der Waals surface area contributed by atoms with Crippen LogP contribution in [0, 0.1) is 5.82 Å². The first-order valence-corrected chi connectivity index (χ1v) is 5.27. The summed E-state index contributed by atoms with van der Waals surface area (Å²) < 4.78 is 14.4. The van der Waals surface area contributed by atoms with Crippen molar-refractivity contribution >= 4 is 12.0 Å². The van der Waals surface area contributed by atoms with Crippen LogP contribution in [0.5, 0.6) is 0 Å². The molecule has 92 valence electrons. The summed E-state index contributed by atoms with van der Waals surface area (Å²) in [5.74, 6) is -1.34. The number of nitrogens with zero attached hydrogens (tertiary/aromatic N) is 2. The van der Waals surface area contributed by atoms with Gasteiger partial charge in [0.05, 0.1) is 11.9 Å². The molecule has 0 spiro atoms. The van der Waals surface area contributed by atoms with Crippen molar-refractivity contribution in [3.8, 4) is 11.1 Å². The van der Waals surface area contributed by atoms with Crippen LogP contribution >= 0.6 is 0 Å². The van der Waals surface area contributed by atoms with E-state index in [1.807, 2.05) is 0 Å². The van der Waals surface area contributed by atoms with E-state index in [1.54, 1.807) is 30.1 Å². The van der Waals surface area contributed by atoms with Crippen LogP contribution in [0.15, 0.2) is 36.5 Å². The van der Waals surface area contributed by atoms with E-state index in [1.165, 1.54) is 18.2 Å². The maximum absolute atomic E-state index is 12.8. The van der Waals surface area contributed by atoms with Crippen molar-refractivity contribution < 1.29 is 14.3 Å². The third-order valence-corrected chi connectivity index (χ3v) is 2.52. The topological polar surface area (TPSA) is 55.1 Å². The molecular weight excluding hydrogens is 235 g/mol. The van der Waals surface area contributed by atoms with E-state index >= 15 is 0 Å². The number of aliphatic carboxylic acids is 1. The van der Waals surface area contributed by atoms with Crippen LogP contribution in [0.4, 0.5) is 4.39 Å². The summed E-state index contributed by atoms with van der Waals surface area (Å²) in [7, 11) is 1.72. The maximum Gasteiger partial charge on any atom is 0.328 e. The van der Waals surface area contributed by atoms with Gasteiger partial charge in [0, 0.05) is 18.7 Å². The molecule has 1 heterocycles. The first-order chi connectivity index (χ1) is 8.58. The number of carboxylic acid groups (broad SMARTS) is 1. The zero-order chi connectivity index (χ0) is 13.1. The van der Waals surface area contributed by atoms with Crippen molar-refractivity contribution in [1.29, 1.82) is 0 Å². The molecule has 18 heavy (non-hydrogen) atoms. The first-order valence-electron chi connectivity index (χ1n) is 5.27. The molecule has 4 nitrogen and oxygen atoms in total. The lowest BCUT2D eigenvalue weighted by Gasteiger charge is -2.01. The first kappa shape index (κ1) is 12.0. The van der Waals surface area contributed by atoms with Crippen molar-refractivity contribution in [2.75, 3.05) is 0 Å². The van der Waals surface area contributed by atoms with Gasteiger partial charge < -0.3 is 5.11 Å². The number of rotatable bonds is 3. The SMILES string of the molecule is Cn1ncc(-c2ccc(F)cc2)c1C=CC(=O)O. The summed E-state index contributed by atoms with van der Waals surface area (Å²) >= 11 is 0. The molecule has 1 aromatic heterocycles. The second-order valence-electron chi connectivity index (χ2n) is 3.75. The van der Waals surface area contributed by atoms with Crippen LogP contribution < -0.4 is 0 Å². The number of carbonyl (C=O) groups is 1. The van der Waals surface area contributed by atoms with E-state index in [0.717, 1.165) is 17.2 Å². The van der Waals surface area contributed by atoms with Gasteiger partial charge in [0.15, 0.2) is 0 Å². The average Bonchev–Trinajstić information content (AvgIpc) is 2.69. The molecule has 0 atom stereocenters. The zero-order valence-corrected chi connectivity index (χ0v) is 9.67. The van der Waals surface area contributed by atoms with Gasteiger partial charge in [-0.05, 0) is 23.8 Å². The normalized spacial score (nSPS) is 11.0. The molecule has 0 bridgehead atoms. The molecule has 0 radical (unpaired) electrons. The summed E-state index contributed by atoms with van der Waals surface area (Å²) in [4.78, 5) is 10.5. The third kappa shape index (κ3) is 2.45. The van der Waals surface area contributed by atoms with Crippen LogP contribution in [0.3, 0.4) is 0 Å². The predicted molar refractivity (Wildman–Crippen MR) is 65.3 cm³/mol. The van der Waals surface area contributed by atoms with Gasteiger partial charge in [-0.3, -0.25) is 4.68 Å². The zero-order valence-electron chi connectivity index (χ0n) is 9.67. The van der Waals surface area contributed by atoms with Gasteiger partial charge in [-0.15, -0.1) is 0 Å². The van der Waals surface area contributed by atoms with Crippen LogP contribution in [0.1, 0.15) is 5.69 Å². The summed E-state index contributed by atoms with van der Waals surface area (Å²) in [6, 6.07) is 5.97. The fourth-order valence-electron chi connectivity index (χ4n) is 1.65. The van der Waals surface area contributed by atoms with E-state index in [9.17, 15) is 9.18 Å². The second kappa shape index (κ2) is 4.83. The number of aryl methyl sites for hydroxylation is 1. The van der Waals surface area contributed by atoms with Gasteiger partial charge in [0.1, 0.15) is 5.82 Å². The van der Waals surface area contributed by atoms with E-state index in [4.69, 9.17) is 5.11 Å². The molecule has 2 rings (SSSR count). The number of hydrogen-bond donors (Lipinski definition) is 1. The minimum absolute atomic E-state index is 0.315. The molecule has 1 aromatic carbocycles. The fraction of sp³-hybridized carbons (Fsp3) is 0.0769. The summed E-state index contributed by atoms with van der Waals surface area (Å²) in [6.45, 7) is 0. The van der Waals surface area contributed by atoms with Crippen LogP contribution in [-0.4, -0.2) is 20.9 Å². The molecule has 0 aliphatic heterocycles. The van der Waals surface area contributed by atoms with Gasteiger partial charge in [0.25, 0.3) is 0 Å². The van der Waals surface area contributed by atoms with Gasteiger partial charge in [-0.2, -0.15) is 5.10 Å². The van der Waals surface area contributed by atoms with E-state index in [0.29, 0.717) is 5.69 Å². The monoisotopic (exact) mass is 246 g/mol. The second-order valence-corrected chi connectivity index (χ2v) is 3.75. The molecule has 2 aromatic rings. The standard InChI is InChI=1S/C13H11FN2O2/c1-16-12(6-7-13(17)18)11(8-15-16)9-2-4-10(14)5-3-9/h2-8H,1H3,(H,17,18). The number of aromatic nitrogens is 2. The fourth-order valence-corrected chi connectivity index (χ4v) is 1.65. The molecule has 0 unspecified atom stereocenters. The molecule has 5 heteroatoms. The molecule has 0 fully saturated rings. The van der Waals surface area contributed by atoms with E-state index in [-0.39, 0.29) is 5.82 Å². The lowest BCUT2D eigenvalue weighted by molar-refractivity contribution is -0.131. The largest absolute Gasteiger partial charge is 0.478 e. The lowest BCUT2D eigenvalue weighted by atomic mass is 10.1. The molecule has 0 aliphatic carbocycles. The summed E-state index contributed by atoms with van der Waals surface area (Å²) in [6.07, 6.45) is 4.13. The van der Waals surface area contributed by atoms with Crippen molar-refractivity contribution in [3.05, 3.63) is 48.0 Å². The Morgan fingerprint density at radius 1 is 1.39 bits per heavy atom. The highest BCUT2D eigenvalue weighted by atomic mass is 19.1. The Morgan fingerprint density at radius 2 is 2.06 bits per heavy atom. The Hall–Kier alpha value is -2.43. The Balaban J connectivity index is 2.45. The maximum atomic E-state index is 12.8. The number of hydrogen-bond acceptors (Lipinski definition) is 2. The van der Waals surface area contributed by atoms with Gasteiger partial charge in [-0.25, -0.2) is 9.18 Å². The Morgan fingerprint density at radius 3 is 2.67 bits per heavy atom. The Bertz CT molecular complexity index is 600. The molecule has 0 aliphatic rings. The van der Waals surface area contributed by atoms with Crippen molar-refractivity contribution in [1.82, 2.24) is 9.78 Å². The minimum atomic E-state index is -1.03. The molecule has 0 amide bonds. The summed E-state index contributed by atoms with van der Waals surface area (Å²) in [5.41, 5.74) is 2.20. The summed E-state index contributed by atoms with van der Waals surface area (Å²) in [5, 5.41) is 12.7. The van der Waals surface area contributed by atoms with Crippen LogP contribution in [-0.2, 0) is 11.8 Å². The highest BCUT2D eigenvalue weighted by Gasteiger charge is 2.08. The van der Waals surface area contributed by atoms with Crippen LogP contribution in [0.2, 0.25) is 0 Å². The Kier molecular flexibility index (Phi) is 3.23. The number of carboxylic acids is 1. The molecule has 0 saturated carbocycles. The predicted octanol–water partition coefficient (Wildman–Crippen LogP) is 2.32. The smallest absolute Gasteiger partial charge is 0.328 e. The third-order valence-electron chi connectivity index (χ3n) is 2.52. The molecule has 1 N–H and O–H groups in total. The number of halogens is 1. The van der Waals surface area contributed by atoms with Gasteiger partial charge in [-0.1, -0.05) is 12.1 Å². The van der Waals surface area contributed by atoms with Crippen molar-refractivity contribution in [2.45, 2.75) is 0 Å². The molecule has 0 saturated heterocycles. The van der Waals surface area contributed by atoms with Gasteiger partial charge in [0.2, 0.25) is 0 Å². The highest BCUT2D eigenvalue weighted by molar-refractivity contribution is 5.87. The van der Waals surface area contributed by atoms with Crippen LogP contribution in [0.25, 0.3) is 17.2 Å².